The van der Waals surface area contributed by atoms with E-state index in [1.807, 2.05) is 0 Å². The highest BCUT2D eigenvalue weighted by Crippen LogP contribution is 2.49. The molecule has 5 rings (SSSR count). The summed E-state index contributed by atoms with van der Waals surface area (Å²) in [7, 11) is 2.16. The van der Waals surface area contributed by atoms with Crippen LogP contribution >= 0.6 is 11.6 Å². The molecule has 1 aromatic heterocycles. The van der Waals surface area contributed by atoms with E-state index in [1.165, 1.54) is 5.56 Å². The third-order valence-corrected chi connectivity index (χ3v) is 7.00. The van der Waals surface area contributed by atoms with Gasteiger partial charge < -0.3 is 20.6 Å². The Hall–Kier alpha value is -2.33. The standard InChI is InChI=1S/C23H26ClN5O/c1-28-11-10-22(14-28)15-29(20-18(24)13-26-21(25)27-20)19-12-16(4-5-17(19)22)6-9-23(30)7-2-3-8-23/h4-5,12-13,30H,2-3,7-8,10-11,14-15H2,1H3,(H2,25,26,27)/t22-/m0/s1. The number of aromatic nitrogens is 2. The molecule has 1 aliphatic carbocycles. The van der Waals surface area contributed by atoms with Crippen LogP contribution in [0, 0.1) is 11.8 Å². The van der Waals surface area contributed by atoms with Gasteiger partial charge in [0.2, 0.25) is 5.95 Å². The minimum Gasteiger partial charge on any atom is -0.378 e. The number of hydrogen-bond donors (Lipinski definition) is 2. The van der Waals surface area contributed by atoms with Crippen molar-refractivity contribution in [1.82, 2.24) is 14.9 Å². The zero-order valence-electron chi connectivity index (χ0n) is 17.2. The van der Waals surface area contributed by atoms with E-state index in [9.17, 15) is 5.11 Å². The highest BCUT2D eigenvalue weighted by Gasteiger charge is 2.47. The van der Waals surface area contributed by atoms with Gasteiger partial charge in [-0.3, -0.25) is 0 Å². The van der Waals surface area contributed by atoms with E-state index in [0.29, 0.717) is 10.8 Å². The van der Waals surface area contributed by atoms with Crippen LogP contribution in [0.3, 0.4) is 0 Å². The van der Waals surface area contributed by atoms with Crippen molar-refractivity contribution in [3.63, 3.8) is 0 Å². The van der Waals surface area contributed by atoms with Gasteiger partial charge in [0.05, 0.1) is 6.20 Å². The molecular formula is C23H26ClN5O. The Morgan fingerprint density at radius 3 is 2.73 bits per heavy atom. The van der Waals surface area contributed by atoms with Crippen LogP contribution in [0.1, 0.15) is 43.2 Å². The van der Waals surface area contributed by atoms with Crippen molar-refractivity contribution >= 4 is 29.1 Å². The van der Waals surface area contributed by atoms with Gasteiger partial charge in [-0.25, -0.2) is 4.98 Å². The van der Waals surface area contributed by atoms with Crippen LogP contribution in [0.15, 0.2) is 24.4 Å². The molecule has 0 amide bonds. The van der Waals surface area contributed by atoms with Crippen LogP contribution in [0.5, 0.6) is 0 Å². The number of nitrogens with zero attached hydrogens (tertiary/aromatic N) is 4. The Balaban J connectivity index is 1.59. The molecule has 0 bridgehead atoms. The SMILES string of the molecule is CN1CC[C@]2(C1)CN(c1nc(N)ncc1Cl)c1cc(C#CC3(O)CCCC3)ccc12. The Kier molecular flexibility index (Phi) is 4.66. The van der Waals surface area contributed by atoms with E-state index in [4.69, 9.17) is 17.3 Å². The average molecular weight is 424 g/mol. The maximum atomic E-state index is 10.6. The van der Waals surface area contributed by atoms with Gasteiger partial charge in [-0.2, -0.15) is 4.98 Å². The molecule has 156 valence electrons. The lowest BCUT2D eigenvalue weighted by molar-refractivity contribution is 0.110. The maximum absolute atomic E-state index is 10.6. The summed E-state index contributed by atoms with van der Waals surface area (Å²) >= 11 is 6.48. The van der Waals surface area contributed by atoms with E-state index in [0.717, 1.165) is 63.0 Å². The number of nitrogens with two attached hydrogens (primary N) is 1. The number of nitrogen functional groups attached to an aromatic ring is 1. The van der Waals surface area contributed by atoms with Crippen molar-refractivity contribution in [1.29, 1.82) is 0 Å². The summed E-state index contributed by atoms with van der Waals surface area (Å²) in [5, 5.41) is 11.1. The molecule has 6 nitrogen and oxygen atoms in total. The summed E-state index contributed by atoms with van der Waals surface area (Å²) in [4.78, 5) is 13.0. The topological polar surface area (TPSA) is 78.5 Å². The van der Waals surface area contributed by atoms with Crippen molar-refractivity contribution in [2.45, 2.75) is 43.1 Å². The van der Waals surface area contributed by atoms with Gasteiger partial charge in [0.15, 0.2) is 5.82 Å². The fraction of sp³-hybridized carbons (Fsp3) is 0.478. The first kappa shape index (κ1) is 19.6. The quantitative estimate of drug-likeness (QED) is 0.686. The molecule has 0 unspecified atom stereocenters. The molecule has 3 aliphatic rings. The minimum atomic E-state index is -0.849. The third-order valence-electron chi connectivity index (χ3n) is 6.74. The van der Waals surface area contributed by atoms with Gasteiger partial charge in [0.25, 0.3) is 0 Å². The van der Waals surface area contributed by atoms with E-state index >= 15 is 0 Å². The van der Waals surface area contributed by atoms with Crippen LogP contribution in [-0.2, 0) is 5.41 Å². The number of anilines is 3. The number of rotatable bonds is 1. The van der Waals surface area contributed by atoms with Crippen LogP contribution in [0.2, 0.25) is 5.02 Å². The Morgan fingerprint density at radius 2 is 2.00 bits per heavy atom. The molecule has 2 aromatic rings. The molecule has 3 heterocycles. The second-order valence-electron chi connectivity index (χ2n) is 8.97. The predicted molar refractivity (Wildman–Crippen MR) is 119 cm³/mol. The Labute approximate surface area is 182 Å². The van der Waals surface area contributed by atoms with Gasteiger partial charge >= 0.3 is 0 Å². The molecule has 7 heteroatoms. The smallest absolute Gasteiger partial charge is 0.222 e. The van der Waals surface area contributed by atoms with E-state index < -0.39 is 5.60 Å². The second-order valence-corrected chi connectivity index (χ2v) is 9.38. The van der Waals surface area contributed by atoms with Gasteiger partial charge in [-0.15, -0.1) is 0 Å². The molecule has 1 saturated heterocycles. The van der Waals surface area contributed by atoms with Gasteiger partial charge in [-0.05, 0) is 63.4 Å². The summed E-state index contributed by atoms with van der Waals surface area (Å²) in [6, 6.07) is 6.36. The first-order valence-corrected chi connectivity index (χ1v) is 10.9. The van der Waals surface area contributed by atoms with Gasteiger partial charge in [0.1, 0.15) is 10.6 Å². The van der Waals surface area contributed by atoms with Gasteiger partial charge in [0, 0.05) is 29.8 Å². The molecule has 1 spiro atoms. The van der Waals surface area contributed by atoms with Crippen molar-refractivity contribution in [3.05, 3.63) is 40.5 Å². The van der Waals surface area contributed by atoms with Crippen LogP contribution in [0.25, 0.3) is 0 Å². The van der Waals surface area contributed by atoms with Gasteiger partial charge in [-0.1, -0.05) is 29.5 Å². The average Bonchev–Trinajstić information content (AvgIpc) is 3.41. The summed E-state index contributed by atoms with van der Waals surface area (Å²) in [6.45, 7) is 2.84. The molecular weight excluding hydrogens is 398 g/mol. The van der Waals surface area contributed by atoms with Crippen LogP contribution in [-0.4, -0.2) is 52.3 Å². The molecule has 1 atom stereocenters. The van der Waals surface area contributed by atoms with Crippen LogP contribution < -0.4 is 10.6 Å². The highest BCUT2D eigenvalue weighted by molar-refractivity contribution is 6.33. The summed E-state index contributed by atoms with van der Waals surface area (Å²) in [5.74, 6) is 7.17. The lowest BCUT2D eigenvalue weighted by Gasteiger charge is -2.25. The lowest BCUT2D eigenvalue weighted by atomic mass is 9.81. The summed E-state index contributed by atoms with van der Waals surface area (Å²) in [5.41, 5.74) is 8.31. The molecule has 3 N–H and O–H groups in total. The number of aliphatic hydroxyl groups is 1. The molecule has 2 aliphatic heterocycles. The second kappa shape index (κ2) is 7.12. The molecule has 30 heavy (non-hydrogen) atoms. The predicted octanol–water partition coefficient (Wildman–Crippen LogP) is 3.09. The van der Waals surface area contributed by atoms with Crippen molar-refractivity contribution in [2.24, 2.45) is 0 Å². The molecule has 1 saturated carbocycles. The normalized spacial score (nSPS) is 24.8. The van der Waals surface area contributed by atoms with Crippen molar-refractivity contribution in [3.8, 4) is 11.8 Å². The van der Waals surface area contributed by atoms with E-state index in [2.05, 4.69) is 56.9 Å². The third kappa shape index (κ3) is 3.31. The summed E-state index contributed by atoms with van der Waals surface area (Å²) < 4.78 is 0. The first-order chi connectivity index (χ1) is 14.4. The maximum Gasteiger partial charge on any atom is 0.222 e. The lowest BCUT2D eigenvalue weighted by Crippen LogP contribution is -2.34. The fourth-order valence-corrected chi connectivity index (χ4v) is 5.40. The number of likely N-dealkylation sites (N-methyl/N-ethyl adjacent to an activating group) is 1. The molecule has 1 aromatic carbocycles. The number of halogens is 1. The van der Waals surface area contributed by atoms with Crippen molar-refractivity contribution < 1.29 is 5.11 Å². The number of hydrogen-bond acceptors (Lipinski definition) is 6. The number of benzene rings is 1. The van der Waals surface area contributed by atoms with E-state index in [1.54, 1.807) is 6.20 Å². The largest absolute Gasteiger partial charge is 0.378 e. The highest BCUT2D eigenvalue weighted by atomic mass is 35.5. The zero-order valence-corrected chi connectivity index (χ0v) is 17.9. The van der Waals surface area contributed by atoms with Crippen molar-refractivity contribution in [2.75, 3.05) is 37.3 Å². The number of likely N-dealkylation sites (tertiary alicyclic amines) is 1. The first-order valence-electron chi connectivity index (χ1n) is 10.5. The number of fused-ring (bicyclic) bond motifs is 2. The van der Waals surface area contributed by atoms with E-state index in [-0.39, 0.29) is 11.4 Å². The molecule has 2 fully saturated rings. The summed E-state index contributed by atoms with van der Waals surface area (Å²) in [6.07, 6.45) is 6.21. The Morgan fingerprint density at radius 1 is 1.20 bits per heavy atom. The zero-order chi connectivity index (χ0) is 20.9. The fourth-order valence-electron chi connectivity index (χ4n) is 5.21. The monoisotopic (exact) mass is 423 g/mol. The Bertz CT molecular complexity index is 1060. The minimum absolute atomic E-state index is 0.0305. The van der Waals surface area contributed by atoms with Crippen LogP contribution in [0.4, 0.5) is 17.5 Å². The molecule has 0 radical (unpaired) electrons.